The van der Waals surface area contributed by atoms with Gasteiger partial charge in [0.25, 0.3) is 0 Å². The van der Waals surface area contributed by atoms with Crippen LogP contribution < -0.4 is 4.90 Å². The largest absolute Gasteiger partial charge is 0.355 e. The Balaban J connectivity index is 1.62. The highest BCUT2D eigenvalue weighted by Crippen LogP contribution is 2.31. The molecule has 1 N–H and O–H groups in total. The summed E-state index contributed by atoms with van der Waals surface area (Å²) >= 11 is 0. The quantitative estimate of drug-likeness (QED) is 0.487. The Morgan fingerprint density at radius 1 is 0.933 bits per heavy atom. The molecule has 5 heterocycles. The lowest BCUT2D eigenvalue weighted by molar-refractivity contribution is 0.360. The lowest BCUT2D eigenvalue weighted by Crippen LogP contribution is -2.29. The average Bonchev–Trinajstić information content (AvgIpc) is 3.38. The van der Waals surface area contributed by atoms with Gasteiger partial charge in [-0.2, -0.15) is 5.21 Å². The number of likely N-dealkylation sites (N-methyl/N-ethyl adjacent to an activating group) is 1. The molecule has 0 radical (unpaired) electrons. The van der Waals surface area contributed by atoms with E-state index in [1.165, 1.54) is 0 Å². The molecule has 5 aromatic rings. The monoisotopic (exact) mass is 399 g/mol. The number of tetrazole rings is 1. The molecule has 0 spiro atoms. The van der Waals surface area contributed by atoms with Crippen LogP contribution in [-0.2, 0) is 0 Å². The molecule has 0 bridgehead atoms. The van der Waals surface area contributed by atoms with Crippen LogP contribution in [0.25, 0.3) is 39.1 Å². The summed E-state index contributed by atoms with van der Waals surface area (Å²) in [4.78, 5) is 14.7. The van der Waals surface area contributed by atoms with Gasteiger partial charge in [-0.15, -0.1) is 10.2 Å². The number of aromatic amines is 1. The van der Waals surface area contributed by atoms with E-state index >= 15 is 0 Å². The number of H-pyrrole nitrogens is 1. The third-order valence-electron chi connectivity index (χ3n) is 5.83. The first-order chi connectivity index (χ1) is 14.8. The van der Waals surface area contributed by atoms with Crippen molar-refractivity contribution >= 4 is 33.5 Å². The molecule has 30 heavy (non-hydrogen) atoms. The molecule has 1 aromatic carbocycles. The normalized spacial score (nSPS) is 16.0. The van der Waals surface area contributed by atoms with E-state index in [1.54, 1.807) is 0 Å². The van der Waals surface area contributed by atoms with Gasteiger partial charge < -0.3 is 9.80 Å². The van der Waals surface area contributed by atoms with Crippen molar-refractivity contribution in [1.29, 1.82) is 0 Å². The van der Waals surface area contributed by atoms with Crippen LogP contribution in [0.15, 0.2) is 42.5 Å². The summed E-state index contributed by atoms with van der Waals surface area (Å²) in [7, 11) is 2.18. The maximum atomic E-state index is 5.10. The van der Waals surface area contributed by atoms with Crippen molar-refractivity contribution in [1.82, 2.24) is 39.9 Å². The number of aromatic nitrogens is 7. The number of nitrogens with one attached hydrogen (secondary N) is 1. The van der Waals surface area contributed by atoms with Gasteiger partial charge in [0.1, 0.15) is 11.5 Å². The van der Waals surface area contributed by atoms with E-state index in [2.05, 4.69) is 60.1 Å². The molecule has 1 aliphatic heterocycles. The van der Waals surface area contributed by atoms with E-state index in [0.717, 1.165) is 71.7 Å². The SMILES string of the molecule is CN1CCCN(c2ccc3cc(-c4nn[nH]n4)c4nc5ccccc5n4c3n2)CC1. The van der Waals surface area contributed by atoms with E-state index in [1.807, 2.05) is 24.3 Å². The zero-order valence-electron chi connectivity index (χ0n) is 16.7. The second-order valence-corrected chi connectivity index (χ2v) is 7.78. The van der Waals surface area contributed by atoms with E-state index in [-0.39, 0.29) is 0 Å². The van der Waals surface area contributed by atoms with Gasteiger partial charge in [-0.25, -0.2) is 9.97 Å². The fourth-order valence-corrected chi connectivity index (χ4v) is 4.27. The van der Waals surface area contributed by atoms with Crippen molar-refractivity contribution < 1.29 is 0 Å². The molecule has 0 saturated carbocycles. The lowest BCUT2D eigenvalue weighted by atomic mass is 10.2. The topological polar surface area (TPSA) is 91.1 Å². The van der Waals surface area contributed by atoms with Gasteiger partial charge in [0.2, 0.25) is 5.82 Å². The smallest absolute Gasteiger partial charge is 0.208 e. The van der Waals surface area contributed by atoms with E-state index in [0.29, 0.717) is 5.82 Å². The summed E-state index contributed by atoms with van der Waals surface area (Å²) in [6.07, 6.45) is 1.14. The van der Waals surface area contributed by atoms with Gasteiger partial charge in [-0.3, -0.25) is 4.40 Å². The number of fused-ring (bicyclic) bond motifs is 5. The standard InChI is InChI=1S/C21H21N9/c1-28-9-4-10-29(12-11-28)18-8-7-14-13-15(19-24-26-27-25-19)21-22-16-5-2-3-6-17(16)30(21)20(14)23-18/h2-3,5-8,13H,4,9-12H2,1H3,(H,24,25,26,27). The summed E-state index contributed by atoms with van der Waals surface area (Å²) in [5.41, 5.74) is 4.44. The predicted molar refractivity (Wildman–Crippen MR) is 115 cm³/mol. The van der Waals surface area contributed by atoms with Crippen LogP contribution in [0.2, 0.25) is 0 Å². The molecule has 0 aliphatic carbocycles. The molecular weight excluding hydrogens is 378 g/mol. The highest BCUT2D eigenvalue weighted by Gasteiger charge is 2.19. The van der Waals surface area contributed by atoms with Crippen LogP contribution >= 0.6 is 0 Å². The first-order valence-corrected chi connectivity index (χ1v) is 10.2. The van der Waals surface area contributed by atoms with Gasteiger partial charge in [0.05, 0.1) is 16.6 Å². The third kappa shape index (κ3) is 2.70. The lowest BCUT2D eigenvalue weighted by Gasteiger charge is -2.22. The number of benzene rings is 1. The first-order valence-electron chi connectivity index (χ1n) is 10.2. The zero-order valence-corrected chi connectivity index (χ0v) is 16.7. The van der Waals surface area contributed by atoms with Crippen molar-refractivity contribution in [2.75, 3.05) is 38.1 Å². The first kappa shape index (κ1) is 17.3. The molecule has 9 heteroatoms. The fourth-order valence-electron chi connectivity index (χ4n) is 4.27. The van der Waals surface area contributed by atoms with Gasteiger partial charge in [0.15, 0.2) is 5.65 Å². The number of imidazole rings is 1. The Labute approximate surface area is 172 Å². The van der Waals surface area contributed by atoms with Crippen molar-refractivity contribution in [2.24, 2.45) is 0 Å². The van der Waals surface area contributed by atoms with Crippen LogP contribution in [0.4, 0.5) is 5.82 Å². The van der Waals surface area contributed by atoms with Gasteiger partial charge in [0, 0.05) is 25.0 Å². The number of pyridine rings is 2. The maximum absolute atomic E-state index is 5.10. The number of nitrogens with zero attached hydrogens (tertiary/aromatic N) is 8. The number of rotatable bonds is 2. The summed E-state index contributed by atoms with van der Waals surface area (Å²) in [6, 6.07) is 14.4. The summed E-state index contributed by atoms with van der Waals surface area (Å²) in [6.45, 7) is 4.15. The number of para-hydroxylation sites is 2. The van der Waals surface area contributed by atoms with Crippen LogP contribution in [0.5, 0.6) is 0 Å². The average molecular weight is 399 g/mol. The van der Waals surface area contributed by atoms with Crippen LogP contribution in [0.3, 0.4) is 0 Å². The van der Waals surface area contributed by atoms with E-state index in [9.17, 15) is 0 Å². The van der Waals surface area contributed by atoms with Crippen molar-refractivity contribution in [3.63, 3.8) is 0 Å². The molecular formula is C21H21N9. The minimum Gasteiger partial charge on any atom is -0.355 e. The highest BCUT2D eigenvalue weighted by atomic mass is 15.5. The summed E-state index contributed by atoms with van der Waals surface area (Å²) in [5, 5.41) is 15.7. The molecule has 1 fully saturated rings. The number of hydrogen-bond donors (Lipinski definition) is 1. The molecule has 1 aliphatic rings. The number of anilines is 1. The molecule has 150 valence electrons. The van der Waals surface area contributed by atoms with Gasteiger partial charge >= 0.3 is 0 Å². The van der Waals surface area contributed by atoms with Gasteiger partial charge in [-0.05, 0) is 55.6 Å². The Morgan fingerprint density at radius 3 is 2.77 bits per heavy atom. The van der Waals surface area contributed by atoms with Crippen LogP contribution in [-0.4, -0.2) is 73.1 Å². The molecule has 4 aromatic heterocycles. The van der Waals surface area contributed by atoms with Gasteiger partial charge in [-0.1, -0.05) is 12.1 Å². The van der Waals surface area contributed by atoms with Crippen LogP contribution in [0.1, 0.15) is 6.42 Å². The van der Waals surface area contributed by atoms with E-state index in [4.69, 9.17) is 9.97 Å². The predicted octanol–water partition coefficient (Wildman–Crippen LogP) is 2.36. The number of hydrogen-bond acceptors (Lipinski definition) is 7. The maximum Gasteiger partial charge on any atom is 0.208 e. The molecule has 0 amide bonds. The van der Waals surface area contributed by atoms with Crippen molar-refractivity contribution in [3.05, 3.63) is 42.5 Å². The third-order valence-corrected chi connectivity index (χ3v) is 5.83. The Morgan fingerprint density at radius 2 is 1.87 bits per heavy atom. The molecule has 0 unspecified atom stereocenters. The Hall–Kier alpha value is -3.59. The molecule has 9 nitrogen and oxygen atoms in total. The Kier molecular flexibility index (Phi) is 3.88. The second-order valence-electron chi connectivity index (χ2n) is 7.78. The summed E-state index contributed by atoms with van der Waals surface area (Å²) < 4.78 is 2.11. The summed E-state index contributed by atoms with van der Waals surface area (Å²) in [5.74, 6) is 1.53. The highest BCUT2D eigenvalue weighted by molar-refractivity contribution is 5.95. The fraction of sp³-hybridized carbons (Fsp3) is 0.286. The minimum absolute atomic E-state index is 0.525. The Bertz CT molecular complexity index is 1360. The van der Waals surface area contributed by atoms with E-state index < -0.39 is 0 Å². The minimum atomic E-state index is 0.525. The zero-order chi connectivity index (χ0) is 20.1. The molecule has 0 atom stereocenters. The van der Waals surface area contributed by atoms with Crippen molar-refractivity contribution in [2.45, 2.75) is 6.42 Å². The second kappa shape index (κ2) is 6.74. The van der Waals surface area contributed by atoms with Crippen molar-refractivity contribution in [3.8, 4) is 11.4 Å². The molecule has 1 saturated heterocycles. The van der Waals surface area contributed by atoms with Crippen LogP contribution in [0, 0.1) is 0 Å². The molecule has 6 rings (SSSR count).